The first kappa shape index (κ1) is 34.3. The zero-order chi connectivity index (χ0) is 33.9. The fourth-order valence-corrected chi connectivity index (χ4v) is 5.45. The average Bonchev–Trinajstić information content (AvgIpc) is 3.08. The van der Waals surface area contributed by atoms with Gasteiger partial charge >= 0.3 is 0 Å². The number of ether oxygens (including phenoxy) is 2. The SMILES string of the molecule is CCC(Sc1cccc(NC(=O)/C(=C\c2ccc(OC)cc2OC)NC(=O)c2ccccc2)c1)C(=O)Nc1cc([N+](=O)[O-])ccc1C. The summed E-state index contributed by atoms with van der Waals surface area (Å²) in [6, 6.07) is 24.9. The van der Waals surface area contributed by atoms with Crippen LogP contribution in [0.25, 0.3) is 6.08 Å². The zero-order valence-corrected chi connectivity index (χ0v) is 27.1. The Morgan fingerprint density at radius 1 is 0.915 bits per heavy atom. The van der Waals surface area contributed by atoms with Gasteiger partial charge in [0.15, 0.2) is 0 Å². The fourth-order valence-electron chi connectivity index (χ4n) is 4.44. The van der Waals surface area contributed by atoms with Gasteiger partial charge in [0.1, 0.15) is 17.2 Å². The van der Waals surface area contributed by atoms with Crippen LogP contribution in [0.15, 0.2) is 102 Å². The Morgan fingerprint density at radius 3 is 2.36 bits per heavy atom. The highest BCUT2D eigenvalue weighted by Gasteiger charge is 2.21. The quantitative estimate of drug-likeness (QED) is 0.0614. The molecule has 0 fully saturated rings. The van der Waals surface area contributed by atoms with Gasteiger partial charge in [0.05, 0.1) is 30.1 Å². The fraction of sp³-hybridized carbons (Fsp3) is 0.171. The standard InChI is InChI=1S/C35H34N4O7S/c1-5-32(35(42)37-29-20-26(39(43)44)16-14-22(29)2)47-28-13-9-12-25(19-28)36-34(41)30(38-33(40)23-10-7-6-8-11-23)18-24-15-17-27(45-3)21-31(24)46-4/h6-21,32H,5H2,1-4H3,(H,36,41)(H,37,42)(H,38,40)/b30-18+. The third kappa shape index (κ3) is 9.21. The minimum Gasteiger partial charge on any atom is -0.497 e. The third-order valence-electron chi connectivity index (χ3n) is 6.99. The molecular weight excluding hydrogens is 620 g/mol. The molecule has 242 valence electrons. The summed E-state index contributed by atoms with van der Waals surface area (Å²) in [5.41, 5.74) is 2.26. The summed E-state index contributed by atoms with van der Waals surface area (Å²) in [6.45, 7) is 3.62. The number of nitro groups is 1. The van der Waals surface area contributed by atoms with Crippen LogP contribution in [0.5, 0.6) is 11.5 Å². The molecule has 1 unspecified atom stereocenters. The second-order valence-electron chi connectivity index (χ2n) is 10.2. The highest BCUT2D eigenvalue weighted by molar-refractivity contribution is 8.00. The Morgan fingerprint density at radius 2 is 1.68 bits per heavy atom. The normalized spacial score (nSPS) is 11.6. The highest BCUT2D eigenvalue weighted by atomic mass is 32.2. The smallest absolute Gasteiger partial charge is 0.272 e. The third-order valence-corrected chi connectivity index (χ3v) is 8.35. The maximum absolute atomic E-state index is 13.6. The largest absolute Gasteiger partial charge is 0.497 e. The summed E-state index contributed by atoms with van der Waals surface area (Å²) in [5.74, 6) is -0.365. The summed E-state index contributed by atoms with van der Waals surface area (Å²) in [7, 11) is 3.02. The molecule has 3 N–H and O–H groups in total. The van der Waals surface area contributed by atoms with E-state index in [9.17, 15) is 24.5 Å². The molecule has 0 saturated carbocycles. The Bertz CT molecular complexity index is 1810. The number of methoxy groups -OCH3 is 2. The van der Waals surface area contributed by atoms with Gasteiger partial charge in [-0.15, -0.1) is 11.8 Å². The number of carbonyl (C=O) groups excluding carboxylic acids is 3. The molecule has 0 heterocycles. The van der Waals surface area contributed by atoms with Gasteiger partial charge in [0, 0.05) is 39.9 Å². The Labute approximate surface area is 276 Å². The molecule has 4 aromatic rings. The van der Waals surface area contributed by atoms with Crippen LogP contribution in [0.1, 0.15) is 34.8 Å². The molecule has 0 spiro atoms. The monoisotopic (exact) mass is 654 g/mol. The molecule has 0 aliphatic rings. The first-order chi connectivity index (χ1) is 22.6. The molecule has 0 aromatic heterocycles. The summed E-state index contributed by atoms with van der Waals surface area (Å²) >= 11 is 1.29. The van der Waals surface area contributed by atoms with Crippen LogP contribution in [0, 0.1) is 17.0 Å². The number of hydrogen-bond acceptors (Lipinski definition) is 8. The van der Waals surface area contributed by atoms with Gasteiger partial charge < -0.3 is 25.4 Å². The van der Waals surface area contributed by atoms with E-state index in [1.54, 1.807) is 79.7 Å². The lowest BCUT2D eigenvalue weighted by Gasteiger charge is -2.17. The first-order valence-electron chi connectivity index (χ1n) is 14.6. The molecule has 4 rings (SSSR count). The highest BCUT2D eigenvalue weighted by Crippen LogP contribution is 2.30. The molecule has 0 aliphatic heterocycles. The van der Waals surface area contributed by atoms with E-state index >= 15 is 0 Å². The number of anilines is 2. The van der Waals surface area contributed by atoms with Gasteiger partial charge in [-0.3, -0.25) is 24.5 Å². The van der Waals surface area contributed by atoms with Crippen LogP contribution in [-0.4, -0.2) is 42.1 Å². The molecule has 1 atom stereocenters. The lowest BCUT2D eigenvalue weighted by Crippen LogP contribution is -2.30. The van der Waals surface area contributed by atoms with Crippen LogP contribution in [0.3, 0.4) is 0 Å². The van der Waals surface area contributed by atoms with E-state index in [4.69, 9.17) is 9.47 Å². The second kappa shape index (κ2) is 16.1. The maximum Gasteiger partial charge on any atom is 0.272 e. The van der Waals surface area contributed by atoms with E-state index in [0.717, 1.165) is 0 Å². The van der Waals surface area contributed by atoms with Crippen LogP contribution >= 0.6 is 11.8 Å². The van der Waals surface area contributed by atoms with E-state index in [-0.39, 0.29) is 17.3 Å². The van der Waals surface area contributed by atoms with Crippen LogP contribution in [0.4, 0.5) is 17.1 Å². The van der Waals surface area contributed by atoms with E-state index in [0.29, 0.717) is 50.9 Å². The second-order valence-corrected chi connectivity index (χ2v) is 11.5. The van der Waals surface area contributed by atoms with Gasteiger partial charge in [0.25, 0.3) is 17.5 Å². The molecule has 0 radical (unpaired) electrons. The number of nitro benzene ring substituents is 1. The summed E-state index contributed by atoms with van der Waals surface area (Å²) in [6.07, 6.45) is 1.99. The molecule has 3 amide bonds. The van der Waals surface area contributed by atoms with Crippen molar-refractivity contribution in [2.45, 2.75) is 30.4 Å². The number of rotatable bonds is 13. The Balaban J connectivity index is 1.55. The summed E-state index contributed by atoms with van der Waals surface area (Å²) < 4.78 is 10.8. The molecule has 4 aromatic carbocycles. The van der Waals surface area contributed by atoms with E-state index in [1.807, 2.05) is 13.0 Å². The number of benzene rings is 4. The minimum absolute atomic E-state index is 0.0292. The number of aryl methyl sites for hydroxylation is 1. The van der Waals surface area contributed by atoms with Crippen molar-refractivity contribution in [2.75, 3.05) is 24.9 Å². The number of amides is 3. The lowest BCUT2D eigenvalue weighted by molar-refractivity contribution is -0.384. The van der Waals surface area contributed by atoms with Gasteiger partial charge in [-0.1, -0.05) is 37.3 Å². The van der Waals surface area contributed by atoms with E-state index in [2.05, 4.69) is 16.0 Å². The van der Waals surface area contributed by atoms with Crippen LogP contribution in [-0.2, 0) is 9.59 Å². The lowest BCUT2D eigenvalue weighted by atomic mass is 10.1. The predicted octanol–water partition coefficient (Wildman–Crippen LogP) is 6.84. The minimum atomic E-state index is -0.583. The number of nitrogens with zero attached hydrogens (tertiary/aromatic N) is 1. The van der Waals surface area contributed by atoms with Gasteiger partial charge in [-0.05, 0) is 67.4 Å². The number of thioether (sulfide) groups is 1. The Kier molecular flexibility index (Phi) is 11.7. The molecule has 47 heavy (non-hydrogen) atoms. The van der Waals surface area contributed by atoms with Crippen LogP contribution < -0.4 is 25.4 Å². The predicted molar refractivity (Wildman–Crippen MR) is 183 cm³/mol. The first-order valence-corrected chi connectivity index (χ1v) is 15.4. The number of hydrogen-bond donors (Lipinski definition) is 3. The van der Waals surface area contributed by atoms with Crippen molar-refractivity contribution in [1.29, 1.82) is 0 Å². The molecule has 11 nitrogen and oxygen atoms in total. The summed E-state index contributed by atoms with van der Waals surface area (Å²) in [5, 5.41) is 19.1. The summed E-state index contributed by atoms with van der Waals surface area (Å²) in [4.78, 5) is 51.3. The Hall–Kier alpha value is -5.62. The molecule has 0 aliphatic carbocycles. The van der Waals surface area contributed by atoms with Gasteiger partial charge in [-0.25, -0.2) is 0 Å². The molecule has 12 heteroatoms. The number of nitrogens with one attached hydrogen (secondary N) is 3. The number of non-ortho nitro benzene ring substituents is 1. The van der Waals surface area contributed by atoms with Crippen molar-refractivity contribution in [3.05, 3.63) is 123 Å². The van der Waals surface area contributed by atoms with E-state index in [1.165, 1.54) is 44.2 Å². The van der Waals surface area contributed by atoms with Crippen molar-refractivity contribution in [3.8, 4) is 11.5 Å². The number of carbonyl (C=O) groups is 3. The average molecular weight is 655 g/mol. The van der Waals surface area contributed by atoms with Gasteiger partial charge in [0.2, 0.25) is 5.91 Å². The van der Waals surface area contributed by atoms with Crippen LogP contribution in [0.2, 0.25) is 0 Å². The maximum atomic E-state index is 13.6. The molecule has 0 saturated heterocycles. The van der Waals surface area contributed by atoms with Crippen molar-refractivity contribution in [2.24, 2.45) is 0 Å². The topological polar surface area (TPSA) is 149 Å². The molecular formula is C35H34N4O7S. The molecule has 0 bridgehead atoms. The van der Waals surface area contributed by atoms with Crippen molar-refractivity contribution >= 4 is 52.6 Å². The van der Waals surface area contributed by atoms with Crippen molar-refractivity contribution < 1.29 is 28.8 Å². The van der Waals surface area contributed by atoms with E-state index < -0.39 is 22.0 Å². The van der Waals surface area contributed by atoms with Crippen molar-refractivity contribution in [3.63, 3.8) is 0 Å². The zero-order valence-electron chi connectivity index (χ0n) is 26.2. The van der Waals surface area contributed by atoms with Crippen molar-refractivity contribution in [1.82, 2.24) is 5.32 Å². The van der Waals surface area contributed by atoms with Gasteiger partial charge in [-0.2, -0.15) is 0 Å².